The molecule has 0 radical (unpaired) electrons. The van der Waals surface area contributed by atoms with E-state index in [9.17, 15) is 0 Å². The predicted octanol–water partition coefficient (Wildman–Crippen LogP) is 0.569. The van der Waals surface area contributed by atoms with Crippen LogP contribution in [0.15, 0.2) is 4.52 Å². The van der Waals surface area contributed by atoms with Crippen molar-refractivity contribution in [3.8, 4) is 0 Å². The van der Waals surface area contributed by atoms with E-state index < -0.39 is 0 Å². The number of hydrogen-bond donors (Lipinski definition) is 2. The maximum Gasteiger partial charge on any atom is 0.245 e. The molecule has 1 heterocycles. The quantitative estimate of drug-likeness (QED) is 0.565. The average Bonchev–Trinajstić information content (AvgIpc) is 1.98. The van der Waals surface area contributed by atoms with Crippen LogP contribution in [0, 0.1) is 6.92 Å². The lowest BCUT2D eigenvalue weighted by molar-refractivity contribution is 0.431. The Morgan fingerprint density at radius 3 is 2.11 bits per heavy atom. The first-order chi connectivity index (χ1) is 3.72. The molecule has 1 aromatic rings. The molecule has 0 unspecified atom stereocenters. The predicted molar refractivity (Wildman–Crippen MR) is 37.3 cm³/mol. The summed E-state index contributed by atoms with van der Waals surface area (Å²) < 4.78 is 4.50. The third-order valence-corrected chi connectivity index (χ3v) is 0.936. The second-order valence-corrected chi connectivity index (χ2v) is 1.55. The Kier molecular flexibility index (Phi) is 2.33. The second kappa shape index (κ2) is 2.59. The normalized spacial score (nSPS) is 8.56. The molecule has 1 aromatic heterocycles. The number of nitrogen functional groups attached to an aromatic ring is 2. The summed E-state index contributed by atoms with van der Waals surface area (Å²) in [6.45, 7) is 1.73. The van der Waals surface area contributed by atoms with Gasteiger partial charge in [0.05, 0.1) is 0 Å². The van der Waals surface area contributed by atoms with Crippen molar-refractivity contribution in [1.82, 2.24) is 5.16 Å². The van der Waals surface area contributed by atoms with E-state index in [1.807, 2.05) is 0 Å². The van der Waals surface area contributed by atoms with Crippen molar-refractivity contribution in [2.24, 2.45) is 0 Å². The third-order valence-electron chi connectivity index (χ3n) is 0.936. The van der Waals surface area contributed by atoms with Gasteiger partial charge in [0.2, 0.25) is 5.88 Å². The van der Waals surface area contributed by atoms with Gasteiger partial charge in [-0.25, -0.2) is 0 Å². The molecule has 0 aromatic carbocycles. The topological polar surface area (TPSA) is 78.1 Å². The van der Waals surface area contributed by atoms with E-state index in [4.69, 9.17) is 11.5 Å². The smallest absolute Gasteiger partial charge is 0.245 e. The van der Waals surface area contributed by atoms with Crippen molar-refractivity contribution in [1.29, 1.82) is 0 Å². The Balaban J connectivity index is 0.000000640. The van der Waals surface area contributed by atoms with Crippen LogP contribution in [-0.2, 0) is 0 Å². The Labute approximate surface area is 58.6 Å². The first-order valence-electron chi connectivity index (χ1n) is 2.19. The maximum absolute atomic E-state index is 5.32. The van der Waals surface area contributed by atoms with Gasteiger partial charge in [0.25, 0.3) is 0 Å². The van der Waals surface area contributed by atoms with Crippen LogP contribution in [0.25, 0.3) is 0 Å². The molecular weight excluding hydrogens is 142 g/mol. The van der Waals surface area contributed by atoms with Crippen molar-refractivity contribution < 1.29 is 4.52 Å². The van der Waals surface area contributed by atoms with E-state index in [-0.39, 0.29) is 18.3 Å². The summed E-state index contributed by atoms with van der Waals surface area (Å²) in [7, 11) is 0. The molecule has 0 fully saturated rings. The number of aromatic nitrogens is 1. The number of hydrogen-bond acceptors (Lipinski definition) is 4. The van der Waals surface area contributed by atoms with E-state index in [0.717, 1.165) is 0 Å². The van der Waals surface area contributed by atoms with Crippen LogP contribution < -0.4 is 11.5 Å². The van der Waals surface area contributed by atoms with Crippen molar-refractivity contribution in [2.75, 3.05) is 11.5 Å². The van der Waals surface area contributed by atoms with Gasteiger partial charge in [-0.05, 0) is 6.92 Å². The molecule has 0 saturated carbocycles. The molecule has 5 heteroatoms. The van der Waals surface area contributed by atoms with Crippen LogP contribution in [0.1, 0.15) is 5.69 Å². The highest BCUT2D eigenvalue weighted by atomic mass is 35.5. The van der Waals surface area contributed by atoms with Crippen LogP contribution >= 0.6 is 12.4 Å². The van der Waals surface area contributed by atoms with E-state index in [1.165, 1.54) is 0 Å². The van der Waals surface area contributed by atoms with Gasteiger partial charge in [0.1, 0.15) is 11.4 Å². The van der Waals surface area contributed by atoms with Gasteiger partial charge in [-0.15, -0.1) is 12.4 Å². The molecular formula is C4H8ClN3O. The zero-order chi connectivity index (χ0) is 6.15. The average molecular weight is 150 g/mol. The largest absolute Gasteiger partial charge is 0.393 e. The summed E-state index contributed by atoms with van der Waals surface area (Å²) in [5.74, 6) is 0.197. The summed E-state index contributed by atoms with van der Waals surface area (Å²) in [6.07, 6.45) is 0. The van der Waals surface area contributed by atoms with E-state index in [0.29, 0.717) is 11.4 Å². The van der Waals surface area contributed by atoms with Gasteiger partial charge in [-0.2, -0.15) is 0 Å². The first kappa shape index (κ1) is 8.10. The van der Waals surface area contributed by atoms with Gasteiger partial charge in [-0.1, -0.05) is 5.16 Å². The zero-order valence-corrected chi connectivity index (χ0v) is 5.73. The molecule has 52 valence electrons. The highest BCUT2D eigenvalue weighted by molar-refractivity contribution is 5.85. The number of nitrogens with two attached hydrogens (primary N) is 2. The molecule has 0 aliphatic heterocycles. The Bertz CT molecular complexity index is 178. The number of aryl methyl sites for hydroxylation is 1. The van der Waals surface area contributed by atoms with Crippen LogP contribution in [0.2, 0.25) is 0 Å². The van der Waals surface area contributed by atoms with Crippen LogP contribution in [0.4, 0.5) is 11.6 Å². The lowest BCUT2D eigenvalue weighted by Gasteiger charge is -1.81. The van der Waals surface area contributed by atoms with Crippen LogP contribution in [0.3, 0.4) is 0 Å². The van der Waals surface area contributed by atoms with Gasteiger partial charge in [0.15, 0.2) is 0 Å². The number of nitrogens with zero attached hydrogens (tertiary/aromatic N) is 1. The lowest BCUT2D eigenvalue weighted by atomic mass is 10.4. The molecule has 0 bridgehead atoms. The van der Waals surface area contributed by atoms with E-state index in [2.05, 4.69) is 9.68 Å². The fourth-order valence-electron chi connectivity index (χ4n) is 0.394. The SMILES string of the molecule is Cc1noc(N)c1N.Cl. The van der Waals surface area contributed by atoms with Crippen LogP contribution in [-0.4, -0.2) is 5.16 Å². The minimum absolute atomic E-state index is 0. The lowest BCUT2D eigenvalue weighted by Crippen LogP contribution is -1.90. The molecule has 0 spiro atoms. The van der Waals surface area contributed by atoms with Gasteiger partial charge in [0, 0.05) is 0 Å². The molecule has 0 saturated heterocycles. The molecule has 1 rings (SSSR count). The molecule has 0 atom stereocenters. The van der Waals surface area contributed by atoms with Crippen LogP contribution in [0.5, 0.6) is 0 Å². The summed E-state index contributed by atoms with van der Waals surface area (Å²) in [5, 5.41) is 3.49. The third kappa shape index (κ3) is 1.26. The molecule has 0 aliphatic rings. The monoisotopic (exact) mass is 149 g/mol. The van der Waals surface area contributed by atoms with Crippen molar-refractivity contribution >= 4 is 24.0 Å². The highest BCUT2D eigenvalue weighted by Crippen LogP contribution is 2.16. The highest BCUT2D eigenvalue weighted by Gasteiger charge is 2.02. The van der Waals surface area contributed by atoms with Crippen molar-refractivity contribution in [2.45, 2.75) is 6.92 Å². The molecule has 4 N–H and O–H groups in total. The molecule has 0 amide bonds. The summed E-state index contributed by atoms with van der Waals surface area (Å²) in [4.78, 5) is 0. The minimum atomic E-state index is 0. The Morgan fingerprint density at radius 1 is 1.44 bits per heavy atom. The van der Waals surface area contributed by atoms with Gasteiger partial charge < -0.3 is 16.0 Å². The summed E-state index contributed by atoms with van der Waals surface area (Å²) >= 11 is 0. The first-order valence-corrected chi connectivity index (χ1v) is 2.19. The minimum Gasteiger partial charge on any atom is -0.393 e. The second-order valence-electron chi connectivity index (χ2n) is 1.55. The molecule has 9 heavy (non-hydrogen) atoms. The molecule has 4 nitrogen and oxygen atoms in total. The fraction of sp³-hybridized carbons (Fsp3) is 0.250. The Morgan fingerprint density at radius 2 is 2.00 bits per heavy atom. The van der Waals surface area contributed by atoms with E-state index >= 15 is 0 Å². The van der Waals surface area contributed by atoms with Crippen molar-refractivity contribution in [3.63, 3.8) is 0 Å². The maximum atomic E-state index is 5.32. The number of halogens is 1. The van der Waals surface area contributed by atoms with Gasteiger partial charge in [-0.3, -0.25) is 0 Å². The number of rotatable bonds is 0. The summed E-state index contributed by atoms with van der Waals surface area (Å²) in [6, 6.07) is 0. The Hall–Kier alpha value is -0.900. The van der Waals surface area contributed by atoms with E-state index in [1.54, 1.807) is 6.92 Å². The van der Waals surface area contributed by atoms with Crippen molar-refractivity contribution in [3.05, 3.63) is 5.69 Å². The summed E-state index contributed by atoms with van der Waals surface area (Å²) in [5.41, 5.74) is 11.6. The standard InChI is InChI=1S/C4H7N3O.ClH/c1-2-3(5)4(6)8-7-2;/h5-6H2,1H3;1H. The van der Waals surface area contributed by atoms with Gasteiger partial charge >= 0.3 is 0 Å². The fourth-order valence-corrected chi connectivity index (χ4v) is 0.394. The zero-order valence-electron chi connectivity index (χ0n) is 4.92. The number of anilines is 2. The molecule has 0 aliphatic carbocycles.